The number of hydrogen-bond acceptors (Lipinski definition) is 0. The van der Waals surface area contributed by atoms with Gasteiger partial charge in [-0.15, -0.1) is 0 Å². The van der Waals surface area contributed by atoms with Crippen LogP contribution in [0.3, 0.4) is 0 Å². The second-order valence-corrected chi connectivity index (χ2v) is 14.5. The van der Waals surface area contributed by atoms with E-state index in [4.69, 9.17) is 0 Å². The summed E-state index contributed by atoms with van der Waals surface area (Å²) in [4.78, 5) is 0. The molecule has 0 saturated carbocycles. The third kappa shape index (κ3) is 2.35. The van der Waals surface area contributed by atoms with Crippen molar-refractivity contribution in [2.24, 2.45) is 0 Å². The average molecular weight is 610 g/mol. The number of aryl methyl sites for hydroxylation is 2. The molecule has 5 aromatic carbocycles. The van der Waals surface area contributed by atoms with Crippen LogP contribution in [0.2, 0.25) is 0 Å². The zero-order valence-electron chi connectivity index (χ0n) is 16.7. The molecule has 2 aromatic heterocycles. The fourth-order valence-electron chi connectivity index (χ4n) is 5.09. The molecule has 0 aliphatic rings. The number of rotatable bonds is 0. The average Bonchev–Trinajstić information content (AvgIpc) is 2.76. The van der Waals surface area contributed by atoms with Gasteiger partial charge in [-0.3, -0.25) is 0 Å². The first-order chi connectivity index (χ1) is 14.7. The summed E-state index contributed by atoms with van der Waals surface area (Å²) >= 11 is -0.750. The Morgan fingerprint density at radius 3 is 1.37 bits per heavy atom. The molecule has 0 spiro atoms. The first-order valence-corrected chi connectivity index (χ1v) is 14.9. The maximum atomic E-state index is 2.44. The van der Waals surface area contributed by atoms with Gasteiger partial charge in [0.15, 0.2) is 0 Å². The van der Waals surface area contributed by atoms with Gasteiger partial charge < -0.3 is 0 Å². The molecule has 2 heterocycles. The summed E-state index contributed by atoms with van der Waals surface area (Å²) in [5, 5.41) is 12.0. The molecule has 0 unspecified atom stereocenters. The quantitative estimate of drug-likeness (QED) is 0.0960. The summed E-state index contributed by atoms with van der Waals surface area (Å²) in [6.45, 7) is 4.46. The zero-order chi connectivity index (χ0) is 20.0. The Balaban J connectivity index is 1.94. The van der Waals surface area contributed by atoms with Crippen LogP contribution in [0, 0.1) is 13.8 Å². The van der Waals surface area contributed by atoms with E-state index in [2.05, 4.69) is 86.6 Å². The van der Waals surface area contributed by atoms with Crippen LogP contribution in [0.4, 0.5) is 0 Å². The molecule has 142 valence electrons. The van der Waals surface area contributed by atoms with Crippen molar-refractivity contribution in [1.82, 2.24) is 0 Å². The third-order valence-corrected chi connectivity index (χ3v) is 12.8. The molecule has 30 heavy (non-hydrogen) atoms. The Morgan fingerprint density at radius 2 is 0.900 bits per heavy atom. The minimum atomic E-state index is -0.375. The van der Waals surface area contributed by atoms with Gasteiger partial charge in [-0.05, 0) is 0 Å². The Bertz CT molecular complexity index is 1680. The standard InChI is InChI=1S/C28H18Te2/c1-15-9-11-21-19(13-15)25-17-5-3-8-24-28(17)26(18-6-4-7-23(29-21)27(18)25)20-14-16(2)10-12-22(20)30-24/h3-14H,1-2H3. The SMILES string of the molecule is Cc1ccc2[te]c3cccc4c3c(c2c1)c1cccc2[te]c3ccc(C)cc3c4c21. The van der Waals surface area contributed by atoms with E-state index in [1.54, 1.807) is 13.6 Å². The molecule has 0 N–H and O–H groups in total. The zero-order valence-corrected chi connectivity index (χ0v) is 21.4. The predicted octanol–water partition coefficient (Wildman–Crippen LogP) is 7.34. The molecule has 0 fully saturated rings. The van der Waals surface area contributed by atoms with Gasteiger partial charge in [0, 0.05) is 0 Å². The van der Waals surface area contributed by atoms with Crippen LogP contribution < -0.4 is 0 Å². The molecule has 2 heteroatoms. The summed E-state index contributed by atoms with van der Waals surface area (Å²) in [6.07, 6.45) is 0. The minimum absolute atomic E-state index is 0.375. The Hall–Kier alpha value is -1.80. The van der Waals surface area contributed by atoms with Crippen LogP contribution in [0.25, 0.3) is 56.7 Å². The molecule has 0 aliphatic carbocycles. The monoisotopic (exact) mass is 614 g/mol. The van der Waals surface area contributed by atoms with Gasteiger partial charge in [-0.1, -0.05) is 0 Å². The van der Waals surface area contributed by atoms with Gasteiger partial charge in [0.2, 0.25) is 0 Å². The van der Waals surface area contributed by atoms with Gasteiger partial charge >= 0.3 is 195 Å². The fourth-order valence-corrected chi connectivity index (χ4v) is 11.4. The number of fused-ring (bicyclic) bond motifs is 6. The second-order valence-electron chi connectivity index (χ2n) is 8.31. The molecule has 0 radical (unpaired) electrons. The topological polar surface area (TPSA) is 0 Å². The van der Waals surface area contributed by atoms with Gasteiger partial charge in [-0.25, -0.2) is 0 Å². The van der Waals surface area contributed by atoms with E-state index >= 15 is 0 Å². The van der Waals surface area contributed by atoms with Crippen molar-refractivity contribution in [3.05, 3.63) is 83.9 Å². The molecule has 0 saturated heterocycles. The summed E-state index contributed by atoms with van der Waals surface area (Å²) in [5.74, 6) is 0. The second kappa shape index (κ2) is 6.36. The Morgan fingerprint density at radius 1 is 0.433 bits per heavy atom. The van der Waals surface area contributed by atoms with Crippen molar-refractivity contribution in [2.45, 2.75) is 13.8 Å². The van der Waals surface area contributed by atoms with E-state index in [9.17, 15) is 0 Å². The van der Waals surface area contributed by atoms with Crippen LogP contribution in [0.1, 0.15) is 11.1 Å². The van der Waals surface area contributed by atoms with Crippen LogP contribution in [0.15, 0.2) is 72.8 Å². The molecule has 0 atom stereocenters. The third-order valence-electron chi connectivity index (χ3n) is 6.34. The normalized spacial score (nSPS) is 12.3. The summed E-state index contributed by atoms with van der Waals surface area (Å²) < 4.78 is 6.39. The van der Waals surface area contributed by atoms with E-state index in [1.165, 1.54) is 54.2 Å². The van der Waals surface area contributed by atoms with Crippen LogP contribution in [-0.4, -0.2) is 40.9 Å². The van der Waals surface area contributed by atoms with Crippen LogP contribution >= 0.6 is 0 Å². The van der Waals surface area contributed by atoms with Crippen LogP contribution in [0.5, 0.6) is 0 Å². The van der Waals surface area contributed by atoms with Crippen molar-refractivity contribution in [3.63, 3.8) is 0 Å². The van der Waals surface area contributed by atoms with Crippen molar-refractivity contribution in [2.75, 3.05) is 0 Å². The molecule has 0 amide bonds. The van der Waals surface area contributed by atoms with Crippen molar-refractivity contribution < 1.29 is 0 Å². The molecular weight excluding hydrogens is 592 g/mol. The first-order valence-electron chi connectivity index (χ1n) is 10.3. The van der Waals surface area contributed by atoms with E-state index in [-0.39, 0.29) is 40.9 Å². The maximum absolute atomic E-state index is 2.44. The van der Waals surface area contributed by atoms with Gasteiger partial charge in [-0.2, -0.15) is 0 Å². The van der Waals surface area contributed by atoms with Gasteiger partial charge in [0.1, 0.15) is 0 Å². The summed E-state index contributed by atoms with van der Waals surface area (Å²) in [7, 11) is 0. The summed E-state index contributed by atoms with van der Waals surface area (Å²) in [6, 6.07) is 28.5. The van der Waals surface area contributed by atoms with Crippen molar-refractivity contribution in [3.8, 4) is 0 Å². The van der Waals surface area contributed by atoms with Crippen molar-refractivity contribution >= 4 is 97.6 Å². The van der Waals surface area contributed by atoms with E-state index in [1.807, 2.05) is 0 Å². The van der Waals surface area contributed by atoms with E-state index in [0.29, 0.717) is 0 Å². The predicted molar refractivity (Wildman–Crippen MR) is 135 cm³/mol. The fraction of sp³-hybridized carbons (Fsp3) is 0.0714. The molecular formula is C28H18Te2. The van der Waals surface area contributed by atoms with E-state index in [0.717, 1.165) is 0 Å². The Kier molecular flexibility index (Phi) is 3.78. The molecule has 0 bridgehead atoms. The molecule has 0 nitrogen and oxygen atoms in total. The van der Waals surface area contributed by atoms with Crippen LogP contribution in [-0.2, 0) is 0 Å². The molecule has 7 rings (SSSR count). The number of hydrogen-bond donors (Lipinski definition) is 0. The van der Waals surface area contributed by atoms with E-state index < -0.39 is 0 Å². The molecule has 0 aliphatic heterocycles. The van der Waals surface area contributed by atoms with Gasteiger partial charge in [0.25, 0.3) is 0 Å². The van der Waals surface area contributed by atoms with Crippen molar-refractivity contribution in [1.29, 1.82) is 0 Å². The first kappa shape index (κ1) is 17.8. The van der Waals surface area contributed by atoms with Gasteiger partial charge in [0.05, 0.1) is 0 Å². The molecule has 7 aromatic rings. The summed E-state index contributed by atoms with van der Waals surface area (Å²) in [5.41, 5.74) is 2.73. The number of benzene rings is 5. The Labute approximate surface area is 194 Å².